The highest BCUT2D eigenvalue weighted by atomic mass is 16.4. The SMILES string of the molecule is CN(CC(=O)NCC(=O)O)C1CCCN(Cc2ccccc2)C1. The van der Waals surface area contributed by atoms with Gasteiger partial charge in [-0.25, -0.2) is 0 Å². The van der Waals surface area contributed by atoms with Crippen LogP contribution in [0.2, 0.25) is 0 Å². The van der Waals surface area contributed by atoms with Crippen LogP contribution in [0.15, 0.2) is 30.3 Å². The summed E-state index contributed by atoms with van der Waals surface area (Å²) in [5, 5.41) is 11.0. The molecule has 0 aliphatic carbocycles. The molecule has 0 bridgehead atoms. The molecule has 23 heavy (non-hydrogen) atoms. The molecule has 1 aromatic rings. The van der Waals surface area contributed by atoms with Gasteiger partial charge in [0.2, 0.25) is 5.91 Å². The number of likely N-dealkylation sites (tertiary alicyclic amines) is 1. The molecule has 1 saturated heterocycles. The molecule has 1 atom stereocenters. The van der Waals surface area contributed by atoms with Crippen LogP contribution in [-0.4, -0.2) is 66.1 Å². The zero-order valence-electron chi connectivity index (χ0n) is 13.6. The van der Waals surface area contributed by atoms with Gasteiger partial charge in [0.15, 0.2) is 0 Å². The minimum absolute atomic E-state index is 0.233. The van der Waals surface area contributed by atoms with Gasteiger partial charge >= 0.3 is 5.97 Å². The number of rotatable bonds is 7. The number of piperidine rings is 1. The number of benzene rings is 1. The van der Waals surface area contributed by atoms with Crippen molar-refractivity contribution >= 4 is 11.9 Å². The molecule has 1 aromatic carbocycles. The van der Waals surface area contributed by atoms with Gasteiger partial charge in [-0.15, -0.1) is 0 Å². The average Bonchev–Trinajstić information content (AvgIpc) is 2.54. The maximum absolute atomic E-state index is 11.7. The molecule has 1 unspecified atom stereocenters. The van der Waals surface area contributed by atoms with E-state index in [1.165, 1.54) is 5.56 Å². The Bertz CT molecular complexity index is 521. The lowest BCUT2D eigenvalue weighted by atomic mass is 10.0. The molecule has 1 aliphatic rings. The standard InChI is InChI=1S/C17H25N3O3/c1-19(13-16(21)18-10-17(22)23)15-8-5-9-20(12-15)11-14-6-3-2-4-7-14/h2-4,6-7,15H,5,8-13H2,1H3,(H,18,21)(H,22,23). The van der Waals surface area contributed by atoms with E-state index in [9.17, 15) is 9.59 Å². The lowest BCUT2D eigenvalue weighted by Crippen LogP contribution is -2.49. The van der Waals surface area contributed by atoms with Gasteiger partial charge in [0, 0.05) is 19.1 Å². The van der Waals surface area contributed by atoms with Crippen molar-refractivity contribution in [2.24, 2.45) is 0 Å². The molecule has 6 nitrogen and oxygen atoms in total. The normalized spacial score (nSPS) is 18.8. The van der Waals surface area contributed by atoms with Crippen molar-refractivity contribution in [3.8, 4) is 0 Å². The first-order valence-electron chi connectivity index (χ1n) is 7.99. The van der Waals surface area contributed by atoms with Crippen molar-refractivity contribution in [3.63, 3.8) is 0 Å². The predicted octanol–water partition coefficient (Wildman–Crippen LogP) is 0.784. The quantitative estimate of drug-likeness (QED) is 0.777. The van der Waals surface area contributed by atoms with Gasteiger partial charge in [0.1, 0.15) is 6.54 Å². The molecule has 1 heterocycles. The van der Waals surface area contributed by atoms with Crippen molar-refractivity contribution in [2.45, 2.75) is 25.4 Å². The van der Waals surface area contributed by atoms with Crippen LogP contribution in [0, 0.1) is 0 Å². The highest BCUT2D eigenvalue weighted by Crippen LogP contribution is 2.17. The van der Waals surface area contributed by atoms with Crippen molar-refractivity contribution in [1.82, 2.24) is 15.1 Å². The summed E-state index contributed by atoms with van der Waals surface area (Å²) in [4.78, 5) is 26.7. The van der Waals surface area contributed by atoms with Crippen LogP contribution in [0.4, 0.5) is 0 Å². The van der Waals surface area contributed by atoms with Gasteiger partial charge in [-0.3, -0.25) is 19.4 Å². The topological polar surface area (TPSA) is 72.9 Å². The summed E-state index contributed by atoms with van der Waals surface area (Å²) in [6.07, 6.45) is 2.17. The first-order valence-corrected chi connectivity index (χ1v) is 7.99. The van der Waals surface area contributed by atoms with E-state index in [-0.39, 0.29) is 19.0 Å². The Morgan fingerprint density at radius 3 is 2.78 bits per heavy atom. The minimum atomic E-state index is -1.02. The maximum Gasteiger partial charge on any atom is 0.322 e. The van der Waals surface area contributed by atoms with E-state index in [0.29, 0.717) is 6.04 Å². The van der Waals surface area contributed by atoms with Crippen LogP contribution in [0.3, 0.4) is 0 Å². The van der Waals surface area contributed by atoms with Crippen LogP contribution >= 0.6 is 0 Å². The number of aliphatic carboxylic acids is 1. The molecular formula is C17H25N3O3. The average molecular weight is 319 g/mol. The second-order valence-electron chi connectivity index (χ2n) is 6.10. The fraction of sp³-hybridized carbons (Fsp3) is 0.529. The third-order valence-corrected chi connectivity index (χ3v) is 4.18. The molecule has 126 valence electrons. The number of carbonyl (C=O) groups is 2. The Morgan fingerprint density at radius 2 is 2.09 bits per heavy atom. The molecule has 6 heteroatoms. The number of likely N-dealkylation sites (N-methyl/N-ethyl adjacent to an activating group) is 1. The largest absolute Gasteiger partial charge is 0.480 e. The van der Waals surface area contributed by atoms with Crippen molar-refractivity contribution in [2.75, 3.05) is 33.2 Å². The molecule has 2 rings (SSSR count). The number of nitrogens with one attached hydrogen (secondary N) is 1. The van der Waals surface area contributed by atoms with Gasteiger partial charge < -0.3 is 10.4 Å². The number of nitrogens with zero attached hydrogens (tertiary/aromatic N) is 2. The molecule has 0 saturated carbocycles. The predicted molar refractivity (Wildman–Crippen MR) is 88.0 cm³/mol. The minimum Gasteiger partial charge on any atom is -0.480 e. The number of hydrogen-bond acceptors (Lipinski definition) is 4. The summed E-state index contributed by atoms with van der Waals surface area (Å²) < 4.78 is 0. The second kappa shape index (κ2) is 8.64. The van der Waals surface area contributed by atoms with Crippen LogP contribution in [0.1, 0.15) is 18.4 Å². The molecule has 2 N–H and O–H groups in total. The van der Waals surface area contributed by atoms with E-state index >= 15 is 0 Å². The Balaban J connectivity index is 1.80. The third kappa shape index (κ3) is 6.00. The first-order chi connectivity index (χ1) is 11.0. The van der Waals surface area contributed by atoms with Gasteiger partial charge in [-0.05, 0) is 32.0 Å². The Morgan fingerprint density at radius 1 is 1.35 bits per heavy atom. The van der Waals surface area contributed by atoms with Crippen LogP contribution in [0.25, 0.3) is 0 Å². The van der Waals surface area contributed by atoms with E-state index < -0.39 is 5.97 Å². The molecule has 0 aromatic heterocycles. The van der Waals surface area contributed by atoms with Crippen molar-refractivity contribution < 1.29 is 14.7 Å². The lowest BCUT2D eigenvalue weighted by molar-refractivity contribution is -0.138. The number of carbonyl (C=O) groups excluding carboxylic acids is 1. The fourth-order valence-corrected chi connectivity index (χ4v) is 2.96. The molecule has 0 radical (unpaired) electrons. The molecule has 1 aliphatic heterocycles. The summed E-state index contributed by atoms with van der Waals surface area (Å²) in [7, 11) is 1.93. The first kappa shape index (κ1) is 17.4. The van der Waals surface area contributed by atoms with E-state index in [1.807, 2.05) is 18.0 Å². The molecule has 0 spiro atoms. The van der Waals surface area contributed by atoms with Crippen molar-refractivity contribution in [3.05, 3.63) is 35.9 Å². The summed E-state index contributed by atoms with van der Waals surface area (Å²) in [6.45, 7) is 2.84. The summed E-state index contributed by atoms with van der Waals surface area (Å²) in [6, 6.07) is 10.7. The van der Waals surface area contributed by atoms with E-state index in [0.717, 1.165) is 32.5 Å². The summed E-state index contributed by atoms with van der Waals surface area (Å²) in [5.74, 6) is -1.26. The smallest absolute Gasteiger partial charge is 0.322 e. The molecular weight excluding hydrogens is 294 g/mol. The summed E-state index contributed by atoms with van der Waals surface area (Å²) >= 11 is 0. The number of carboxylic acids is 1. The van der Waals surface area contributed by atoms with Crippen LogP contribution in [0.5, 0.6) is 0 Å². The Hall–Kier alpha value is -1.92. The highest BCUT2D eigenvalue weighted by molar-refractivity contribution is 5.82. The monoisotopic (exact) mass is 319 g/mol. The fourth-order valence-electron chi connectivity index (χ4n) is 2.96. The number of amides is 1. The Labute approximate surface area is 137 Å². The van der Waals surface area contributed by atoms with E-state index in [1.54, 1.807) is 0 Å². The maximum atomic E-state index is 11.7. The Kier molecular flexibility index (Phi) is 6.55. The van der Waals surface area contributed by atoms with E-state index in [4.69, 9.17) is 5.11 Å². The van der Waals surface area contributed by atoms with Crippen molar-refractivity contribution in [1.29, 1.82) is 0 Å². The second-order valence-corrected chi connectivity index (χ2v) is 6.10. The van der Waals surface area contributed by atoms with Gasteiger partial charge in [-0.1, -0.05) is 30.3 Å². The zero-order valence-corrected chi connectivity index (χ0v) is 13.6. The van der Waals surface area contributed by atoms with Crippen LogP contribution in [-0.2, 0) is 16.1 Å². The van der Waals surface area contributed by atoms with Gasteiger partial charge in [-0.2, -0.15) is 0 Å². The zero-order chi connectivity index (χ0) is 16.7. The van der Waals surface area contributed by atoms with E-state index in [2.05, 4.69) is 34.5 Å². The van der Waals surface area contributed by atoms with Crippen LogP contribution < -0.4 is 5.32 Å². The van der Waals surface area contributed by atoms with Gasteiger partial charge in [0.25, 0.3) is 0 Å². The highest BCUT2D eigenvalue weighted by Gasteiger charge is 2.24. The van der Waals surface area contributed by atoms with Gasteiger partial charge in [0.05, 0.1) is 6.54 Å². The molecule has 1 amide bonds. The molecule has 1 fully saturated rings. The lowest BCUT2D eigenvalue weighted by Gasteiger charge is -2.37. The number of hydrogen-bond donors (Lipinski definition) is 2. The number of carboxylic acid groups (broad SMARTS) is 1. The summed E-state index contributed by atoms with van der Waals surface area (Å²) in [5.41, 5.74) is 1.30. The third-order valence-electron chi connectivity index (χ3n) is 4.18.